The molecule has 0 heterocycles. The fourth-order valence-electron chi connectivity index (χ4n) is 3.81. The summed E-state index contributed by atoms with van der Waals surface area (Å²) >= 11 is 0. The molecular formula is C18H23NO4. The molecule has 124 valence electrons. The summed E-state index contributed by atoms with van der Waals surface area (Å²) in [7, 11) is 0. The van der Waals surface area contributed by atoms with Gasteiger partial charge in [0.25, 0.3) is 0 Å². The molecular weight excluding hydrogens is 294 g/mol. The maximum atomic E-state index is 12.4. The maximum Gasteiger partial charge on any atom is 0.344 e. The minimum atomic E-state index is -0.399. The van der Waals surface area contributed by atoms with Crippen LogP contribution < -0.4 is 10.1 Å². The molecule has 2 fully saturated rings. The quantitative estimate of drug-likeness (QED) is 0.819. The van der Waals surface area contributed by atoms with Gasteiger partial charge in [-0.15, -0.1) is 0 Å². The summed E-state index contributed by atoms with van der Waals surface area (Å²) in [6.45, 7) is 1.96. The lowest BCUT2D eigenvalue weighted by Crippen LogP contribution is -2.27. The van der Waals surface area contributed by atoms with Gasteiger partial charge in [0.15, 0.2) is 6.61 Å². The van der Waals surface area contributed by atoms with Crippen molar-refractivity contribution in [2.45, 2.75) is 32.6 Å². The average Bonchev–Trinajstić information content (AvgIpc) is 3.17. The molecule has 0 aliphatic heterocycles. The molecule has 0 spiro atoms. The molecule has 0 radical (unpaired) electrons. The second-order valence-corrected chi connectivity index (χ2v) is 6.39. The summed E-state index contributed by atoms with van der Waals surface area (Å²) in [4.78, 5) is 23.8. The van der Waals surface area contributed by atoms with E-state index in [1.54, 1.807) is 25.1 Å². The van der Waals surface area contributed by atoms with E-state index in [0.717, 1.165) is 12.3 Å². The molecule has 2 bridgehead atoms. The van der Waals surface area contributed by atoms with E-state index in [4.69, 9.17) is 9.47 Å². The Balaban J connectivity index is 1.55. The molecule has 5 heteroatoms. The van der Waals surface area contributed by atoms with Crippen LogP contribution in [0.4, 0.5) is 5.69 Å². The van der Waals surface area contributed by atoms with E-state index in [1.165, 1.54) is 19.3 Å². The van der Waals surface area contributed by atoms with Crippen LogP contribution in [0.2, 0.25) is 0 Å². The van der Waals surface area contributed by atoms with E-state index in [1.807, 2.05) is 6.07 Å². The number of esters is 1. The Kier molecular flexibility index (Phi) is 4.84. The molecule has 3 rings (SSSR count). The minimum Gasteiger partial charge on any atom is -0.482 e. The number of anilines is 1. The van der Waals surface area contributed by atoms with Crippen molar-refractivity contribution in [2.24, 2.45) is 17.8 Å². The van der Waals surface area contributed by atoms with Crippen molar-refractivity contribution in [3.05, 3.63) is 24.3 Å². The average molecular weight is 317 g/mol. The Morgan fingerprint density at radius 3 is 2.83 bits per heavy atom. The van der Waals surface area contributed by atoms with Crippen molar-refractivity contribution in [1.29, 1.82) is 0 Å². The predicted octanol–water partition coefficient (Wildman–Crippen LogP) is 3.00. The number of hydrogen-bond donors (Lipinski definition) is 1. The first-order valence-electron chi connectivity index (χ1n) is 8.35. The zero-order chi connectivity index (χ0) is 16.2. The van der Waals surface area contributed by atoms with Gasteiger partial charge in [-0.05, 0) is 50.2 Å². The Hall–Kier alpha value is -2.04. The van der Waals surface area contributed by atoms with E-state index in [-0.39, 0.29) is 18.4 Å². The second-order valence-electron chi connectivity index (χ2n) is 6.39. The molecule has 0 saturated heterocycles. The van der Waals surface area contributed by atoms with Crippen LogP contribution in [0, 0.1) is 17.8 Å². The van der Waals surface area contributed by atoms with Gasteiger partial charge in [0.2, 0.25) is 5.91 Å². The summed E-state index contributed by atoms with van der Waals surface area (Å²) in [5.41, 5.74) is 0.708. The third kappa shape index (κ3) is 3.84. The zero-order valence-corrected chi connectivity index (χ0v) is 13.4. The summed E-state index contributed by atoms with van der Waals surface area (Å²) in [5, 5.41) is 2.99. The molecule has 1 aromatic carbocycles. The Bertz CT molecular complexity index is 586. The van der Waals surface area contributed by atoms with Crippen LogP contribution in [-0.2, 0) is 14.3 Å². The minimum absolute atomic E-state index is 0.111. The van der Waals surface area contributed by atoms with E-state index >= 15 is 0 Å². The molecule has 2 aliphatic carbocycles. The molecule has 23 heavy (non-hydrogen) atoms. The SMILES string of the molecule is CCOC(=O)COc1cccc(NC(=O)[C@H]2C[C@H]3CC[C@@H]2C3)c1. The first-order valence-corrected chi connectivity index (χ1v) is 8.35. The largest absolute Gasteiger partial charge is 0.482 e. The molecule has 0 unspecified atom stereocenters. The van der Waals surface area contributed by atoms with Gasteiger partial charge in [-0.25, -0.2) is 4.79 Å². The summed E-state index contributed by atoms with van der Waals surface area (Å²) in [6.07, 6.45) is 4.70. The predicted molar refractivity (Wildman–Crippen MR) is 86.1 cm³/mol. The maximum absolute atomic E-state index is 12.4. The van der Waals surface area contributed by atoms with Gasteiger partial charge in [-0.2, -0.15) is 0 Å². The monoisotopic (exact) mass is 317 g/mol. The highest BCUT2D eigenvalue weighted by molar-refractivity contribution is 5.93. The van der Waals surface area contributed by atoms with Crippen molar-refractivity contribution in [2.75, 3.05) is 18.5 Å². The van der Waals surface area contributed by atoms with Gasteiger partial charge in [-0.1, -0.05) is 12.5 Å². The number of hydrogen-bond acceptors (Lipinski definition) is 4. The molecule has 3 atom stereocenters. The van der Waals surface area contributed by atoms with Crippen LogP contribution in [0.25, 0.3) is 0 Å². The smallest absolute Gasteiger partial charge is 0.344 e. The lowest BCUT2D eigenvalue weighted by Gasteiger charge is -2.20. The van der Waals surface area contributed by atoms with Crippen LogP contribution >= 0.6 is 0 Å². The van der Waals surface area contributed by atoms with Crippen molar-refractivity contribution in [1.82, 2.24) is 0 Å². The van der Waals surface area contributed by atoms with Crippen molar-refractivity contribution in [3.63, 3.8) is 0 Å². The first kappa shape index (κ1) is 15.8. The number of carbonyl (C=O) groups is 2. The fraction of sp³-hybridized carbons (Fsp3) is 0.556. The van der Waals surface area contributed by atoms with Gasteiger partial charge < -0.3 is 14.8 Å². The van der Waals surface area contributed by atoms with Crippen LogP contribution in [0.3, 0.4) is 0 Å². The lowest BCUT2D eigenvalue weighted by atomic mass is 9.88. The highest BCUT2D eigenvalue weighted by Crippen LogP contribution is 2.48. The summed E-state index contributed by atoms with van der Waals surface area (Å²) in [6, 6.07) is 7.13. The number of fused-ring (bicyclic) bond motifs is 2. The van der Waals surface area contributed by atoms with Crippen molar-refractivity contribution < 1.29 is 19.1 Å². The van der Waals surface area contributed by atoms with Crippen LogP contribution in [0.15, 0.2) is 24.3 Å². The van der Waals surface area contributed by atoms with E-state index in [9.17, 15) is 9.59 Å². The van der Waals surface area contributed by atoms with E-state index < -0.39 is 5.97 Å². The Morgan fingerprint density at radius 2 is 2.13 bits per heavy atom. The summed E-state index contributed by atoms with van der Waals surface area (Å²) < 4.78 is 10.2. The number of nitrogens with one attached hydrogen (secondary N) is 1. The third-order valence-corrected chi connectivity index (χ3v) is 4.84. The number of ether oxygens (including phenoxy) is 2. The Labute approximate surface area is 136 Å². The number of benzene rings is 1. The number of rotatable bonds is 6. The van der Waals surface area contributed by atoms with Crippen LogP contribution in [-0.4, -0.2) is 25.1 Å². The zero-order valence-electron chi connectivity index (χ0n) is 13.4. The van der Waals surface area contributed by atoms with E-state index in [0.29, 0.717) is 24.0 Å². The fourth-order valence-corrected chi connectivity index (χ4v) is 3.81. The summed E-state index contributed by atoms with van der Waals surface area (Å²) in [5.74, 6) is 1.71. The van der Waals surface area contributed by atoms with Crippen LogP contribution in [0.5, 0.6) is 5.75 Å². The van der Waals surface area contributed by atoms with Gasteiger partial charge >= 0.3 is 5.97 Å². The first-order chi connectivity index (χ1) is 11.2. The molecule has 2 saturated carbocycles. The second kappa shape index (κ2) is 7.02. The van der Waals surface area contributed by atoms with Gasteiger partial charge in [0.05, 0.1) is 6.61 Å². The lowest BCUT2D eigenvalue weighted by molar-refractivity contribution is -0.145. The van der Waals surface area contributed by atoms with Gasteiger partial charge in [0, 0.05) is 17.7 Å². The molecule has 2 aliphatic rings. The molecule has 1 N–H and O–H groups in total. The Morgan fingerprint density at radius 1 is 1.26 bits per heavy atom. The van der Waals surface area contributed by atoms with Gasteiger partial charge in [-0.3, -0.25) is 4.79 Å². The molecule has 5 nitrogen and oxygen atoms in total. The number of amides is 1. The van der Waals surface area contributed by atoms with Crippen molar-refractivity contribution >= 4 is 17.6 Å². The van der Waals surface area contributed by atoms with Crippen LogP contribution in [0.1, 0.15) is 32.6 Å². The highest BCUT2D eigenvalue weighted by Gasteiger charge is 2.42. The number of carbonyl (C=O) groups excluding carboxylic acids is 2. The molecule has 1 aromatic rings. The molecule has 0 aromatic heterocycles. The van der Waals surface area contributed by atoms with Crippen molar-refractivity contribution in [3.8, 4) is 5.75 Å². The normalized spacial score (nSPS) is 25.2. The van der Waals surface area contributed by atoms with E-state index in [2.05, 4.69) is 5.32 Å². The molecule has 1 amide bonds. The third-order valence-electron chi connectivity index (χ3n) is 4.84. The topological polar surface area (TPSA) is 64.6 Å². The standard InChI is InChI=1S/C18H23NO4/c1-2-22-17(20)11-23-15-5-3-4-14(10-15)19-18(21)16-9-12-6-7-13(16)8-12/h3-5,10,12-13,16H,2,6-9,11H2,1H3,(H,19,21)/t12-,13+,16-/m0/s1. The highest BCUT2D eigenvalue weighted by atomic mass is 16.6. The van der Waals surface area contributed by atoms with Gasteiger partial charge in [0.1, 0.15) is 5.75 Å².